The zero-order valence-corrected chi connectivity index (χ0v) is 20.6. The molecule has 2 heterocycles. The number of ether oxygens (including phenoxy) is 2. The number of nitrogens with zero attached hydrogens (tertiary/aromatic N) is 1. The number of aryl methyl sites for hydroxylation is 2. The fraction of sp³-hybridized carbons (Fsp3) is 0.357. The number of hydrogen-bond donors (Lipinski definition) is 1. The van der Waals surface area contributed by atoms with Crippen molar-refractivity contribution in [1.82, 2.24) is 4.90 Å². The third kappa shape index (κ3) is 6.18. The standard InChI is InChI=1S/C28H32N2O5/c1-18(2)17-34-24-13-19(3)14-25-27(24)20(4)23(28(32)35-25)15-26(31)29-22-7-5-21(6-8-22)16-30-9-11-33-12-10-30/h5-8,13-14H,1,9-12,15-17H2,2-4H3,(H,29,31). The van der Waals surface area contributed by atoms with Gasteiger partial charge in [-0.3, -0.25) is 9.69 Å². The minimum Gasteiger partial charge on any atom is -0.488 e. The first-order valence-corrected chi connectivity index (χ1v) is 11.8. The van der Waals surface area contributed by atoms with E-state index in [-0.39, 0.29) is 12.3 Å². The lowest BCUT2D eigenvalue weighted by Crippen LogP contribution is -2.35. The Morgan fingerprint density at radius 2 is 1.86 bits per heavy atom. The number of anilines is 1. The monoisotopic (exact) mass is 476 g/mol. The number of amides is 1. The second-order valence-electron chi connectivity index (χ2n) is 9.19. The number of hydrogen-bond acceptors (Lipinski definition) is 6. The molecule has 1 amide bonds. The van der Waals surface area contributed by atoms with Crippen LogP contribution in [0.3, 0.4) is 0 Å². The summed E-state index contributed by atoms with van der Waals surface area (Å²) in [6.45, 7) is 14.1. The number of nitrogens with one attached hydrogen (secondary N) is 1. The largest absolute Gasteiger partial charge is 0.488 e. The number of carbonyl (C=O) groups excluding carboxylic acids is 1. The van der Waals surface area contributed by atoms with Crippen LogP contribution in [0, 0.1) is 13.8 Å². The predicted octanol–water partition coefficient (Wildman–Crippen LogP) is 4.38. The molecule has 0 saturated carbocycles. The fourth-order valence-corrected chi connectivity index (χ4v) is 4.23. The summed E-state index contributed by atoms with van der Waals surface area (Å²) in [7, 11) is 0. The highest BCUT2D eigenvalue weighted by atomic mass is 16.5. The number of rotatable bonds is 8. The average Bonchev–Trinajstić information content (AvgIpc) is 2.82. The van der Waals surface area contributed by atoms with Crippen LogP contribution < -0.4 is 15.7 Å². The van der Waals surface area contributed by atoms with Crippen LogP contribution in [0.1, 0.15) is 29.2 Å². The quantitative estimate of drug-likeness (QED) is 0.384. The second-order valence-corrected chi connectivity index (χ2v) is 9.19. The van der Waals surface area contributed by atoms with Gasteiger partial charge in [-0.15, -0.1) is 0 Å². The van der Waals surface area contributed by atoms with Gasteiger partial charge < -0.3 is 19.2 Å². The first-order chi connectivity index (χ1) is 16.8. The molecule has 0 bridgehead atoms. The molecule has 0 spiro atoms. The van der Waals surface area contributed by atoms with Crippen molar-refractivity contribution in [3.05, 3.63) is 81.2 Å². The molecule has 1 fully saturated rings. The molecule has 0 radical (unpaired) electrons. The molecule has 1 aromatic heterocycles. The van der Waals surface area contributed by atoms with Gasteiger partial charge in [-0.25, -0.2) is 4.79 Å². The van der Waals surface area contributed by atoms with E-state index >= 15 is 0 Å². The first kappa shape index (κ1) is 24.7. The van der Waals surface area contributed by atoms with E-state index in [2.05, 4.69) is 16.8 Å². The Balaban J connectivity index is 1.50. The number of fused-ring (bicyclic) bond motifs is 1. The van der Waals surface area contributed by atoms with Crippen LogP contribution >= 0.6 is 0 Å². The molecule has 184 valence electrons. The first-order valence-electron chi connectivity index (χ1n) is 11.8. The number of carbonyl (C=O) groups is 1. The third-order valence-corrected chi connectivity index (χ3v) is 6.05. The van der Waals surface area contributed by atoms with Gasteiger partial charge in [0.25, 0.3) is 0 Å². The zero-order chi connectivity index (χ0) is 24.9. The topological polar surface area (TPSA) is 81.0 Å². The summed E-state index contributed by atoms with van der Waals surface area (Å²) in [4.78, 5) is 27.9. The predicted molar refractivity (Wildman–Crippen MR) is 137 cm³/mol. The van der Waals surface area contributed by atoms with Gasteiger partial charge in [0, 0.05) is 25.3 Å². The van der Waals surface area contributed by atoms with E-state index < -0.39 is 5.63 Å². The van der Waals surface area contributed by atoms with E-state index in [1.54, 1.807) is 6.07 Å². The lowest BCUT2D eigenvalue weighted by Gasteiger charge is -2.26. The van der Waals surface area contributed by atoms with Crippen LogP contribution in [0.4, 0.5) is 5.69 Å². The van der Waals surface area contributed by atoms with E-state index in [9.17, 15) is 9.59 Å². The Hall–Kier alpha value is -3.42. The van der Waals surface area contributed by atoms with Crippen LogP contribution in [0.15, 0.2) is 57.8 Å². The van der Waals surface area contributed by atoms with Gasteiger partial charge in [0.05, 0.1) is 30.6 Å². The van der Waals surface area contributed by atoms with Crippen molar-refractivity contribution >= 4 is 22.6 Å². The van der Waals surface area contributed by atoms with Gasteiger partial charge >= 0.3 is 5.63 Å². The van der Waals surface area contributed by atoms with E-state index in [0.717, 1.165) is 44.0 Å². The maximum Gasteiger partial charge on any atom is 0.340 e. The Morgan fingerprint density at radius 3 is 2.54 bits per heavy atom. The molecule has 4 rings (SSSR count). The van der Waals surface area contributed by atoms with Crippen molar-refractivity contribution in [2.24, 2.45) is 0 Å². The van der Waals surface area contributed by atoms with E-state index in [0.29, 0.717) is 40.1 Å². The smallest absolute Gasteiger partial charge is 0.340 e. The average molecular weight is 477 g/mol. The highest BCUT2D eigenvalue weighted by molar-refractivity contribution is 5.94. The van der Waals surface area contributed by atoms with Crippen LogP contribution in [0.5, 0.6) is 5.75 Å². The Morgan fingerprint density at radius 1 is 1.14 bits per heavy atom. The number of benzene rings is 2. The Labute approximate surface area is 205 Å². The minimum absolute atomic E-state index is 0.0898. The molecule has 7 heteroatoms. The molecule has 0 unspecified atom stereocenters. The normalized spacial score (nSPS) is 14.1. The van der Waals surface area contributed by atoms with Gasteiger partial charge in [0.1, 0.15) is 17.9 Å². The summed E-state index contributed by atoms with van der Waals surface area (Å²) < 4.78 is 16.9. The Kier molecular flexibility index (Phi) is 7.68. The maximum atomic E-state index is 12.8. The fourth-order valence-electron chi connectivity index (χ4n) is 4.23. The molecule has 35 heavy (non-hydrogen) atoms. The molecule has 1 N–H and O–H groups in total. The molecule has 0 aliphatic carbocycles. The zero-order valence-electron chi connectivity index (χ0n) is 20.6. The van der Waals surface area contributed by atoms with E-state index in [1.807, 2.05) is 51.1 Å². The van der Waals surface area contributed by atoms with Crippen molar-refractivity contribution in [1.29, 1.82) is 0 Å². The highest BCUT2D eigenvalue weighted by Gasteiger charge is 2.19. The van der Waals surface area contributed by atoms with Gasteiger partial charge in [0.2, 0.25) is 5.91 Å². The minimum atomic E-state index is -0.512. The van der Waals surface area contributed by atoms with Crippen LogP contribution in [-0.4, -0.2) is 43.7 Å². The summed E-state index contributed by atoms with van der Waals surface area (Å²) in [6.07, 6.45) is -0.0898. The maximum absolute atomic E-state index is 12.8. The van der Waals surface area contributed by atoms with E-state index in [4.69, 9.17) is 13.9 Å². The summed E-state index contributed by atoms with van der Waals surface area (Å²) in [5.74, 6) is 0.332. The van der Waals surface area contributed by atoms with Crippen molar-refractivity contribution in [2.75, 3.05) is 38.2 Å². The molecular weight excluding hydrogens is 444 g/mol. The van der Waals surface area contributed by atoms with Gasteiger partial charge in [-0.1, -0.05) is 18.7 Å². The molecule has 1 saturated heterocycles. The lowest BCUT2D eigenvalue weighted by atomic mass is 10.0. The second kappa shape index (κ2) is 10.9. The molecule has 1 aliphatic heterocycles. The number of morpholine rings is 1. The molecule has 3 aromatic rings. The summed E-state index contributed by atoms with van der Waals surface area (Å²) in [6, 6.07) is 11.5. The SMILES string of the molecule is C=C(C)COc1cc(C)cc2oc(=O)c(CC(=O)Nc3ccc(CN4CCOCC4)cc3)c(C)c12. The summed E-state index contributed by atoms with van der Waals surface area (Å²) in [5.41, 5.74) is 4.60. The van der Waals surface area contributed by atoms with Gasteiger partial charge in [-0.2, -0.15) is 0 Å². The lowest BCUT2D eigenvalue weighted by molar-refractivity contribution is -0.115. The van der Waals surface area contributed by atoms with Crippen LogP contribution in [0.2, 0.25) is 0 Å². The molecule has 2 aromatic carbocycles. The highest BCUT2D eigenvalue weighted by Crippen LogP contribution is 2.31. The summed E-state index contributed by atoms with van der Waals surface area (Å²) in [5, 5.41) is 3.59. The van der Waals surface area contributed by atoms with Crippen molar-refractivity contribution < 1.29 is 18.7 Å². The van der Waals surface area contributed by atoms with Crippen molar-refractivity contribution in [2.45, 2.75) is 33.7 Å². The van der Waals surface area contributed by atoms with Crippen LogP contribution in [-0.2, 0) is 22.5 Å². The molecule has 0 atom stereocenters. The van der Waals surface area contributed by atoms with Crippen molar-refractivity contribution in [3.8, 4) is 5.75 Å². The molecular formula is C28H32N2O5. The van der Waals surface area contributed by atoms with Crippen LogP contribution in [0.25, 0.3) is 11.0 Å². The van der Waals surface area contributed by atoms with E-state index in [1.165, 1.54) is 5.56 Å². The third-order valence-electron chi connectivity index (χ3n) is 6.05. The van der Waals surface area contributed by atoms with Crippen molar-refractivity contribution in [3.63, 3.8) is 0 Å². The molecule has 1 aliphatic rings. The summed E-state index contributed by atoms with van der Waals surface area (Å²) >= 11 is 0. The van der Waals surface area contributed by atoms with Gasteiger partial charge in [-0.05, 0) is 67.3 Å². The Bertz CT molecular complexity index is 1290. The van der Waals surface area contributed by atoms with Gasteiger partial charge in [0.15, 0.2) is 0 Å². The molecule has 7 nitrogen and oxygen atoms in total.